The van der Waals surface area contributed by atoms with Crippen molar-refractivity contribution in [2.24, 2.45) is 5.89 Å². The van der Waals surface area contributed by atoms with E-state index in [-0.39, 0.29) is 4.90 Å². The molecule has 1 aromatic heterocycles. The molecule has 76 valence electrons. The van der Waals surface area contributed by atoms with Crippen molar-refractivity contribution in [1.29, 1.82) is 0 Å². The van der Waals surface area contributed by atoms with Gasteiger partial charge < -0.3 is 4.90 Å². The lowest BCUT2D eigenvalue weighted by Gasteiger charge is -2.32. The van der Waals surface area contributed by atoms with Crippen molar-refractivity contribution in [3.05, 3.63) is 22.9 Å². The number of anilines is 1. The lowest BCUT2D eigenvalue weighted by molar-refractivity contribution is 0.446. The fraction of sp³-hybridized carbons (Fsp3) is 0.545. The lowest BCUT2D eigenvalue weighted by atomic mass is 10.00. The number of aromatic nitrogens is 1. The summed E-state index contributed by atoms with van der Waals surface area (Å²) in [5.74, 6) is -3.88. The Bertz CT molecular complexity index is 850. The average Bonchev–Trinajstić information content (AvgIpc) is 2.52. The molecule has 1 aliphatic rings. The monoisotopic (exact) mass is 269 g/mol. The third kappa shape index (κ3) is 2.27. The van der Waals surface area contributed by atoms with E-state index in [1.54, 1.807) is 0 Å². The number of halogens is 1. The van der Waals surface area contributed by atoms with Crippen molar-refractivity contribution < 1.29 is 20.6 Å². The predicted molar refractivity (Wildman–Crippen MR) is 62.5 cm³/mol. The topological polar surface area (TPSA) is 16.1 Å². The molecule has 1 saturated heterocycles. The van der Waals surface area contributed by atoms with Gasteiger partial charge in [0.2, 0.25) is 0 Å². The zero-order chi connectivity index (χ0) is 23.2. The van der Waals surface area contributed by atoms with Crippen molar-refractivity contribution in [2.75, 3.05) is 17.9 Å². The summed E-state index contributed by atoms with van der Waals surface area (Å²) in [7, 11) is 0. The minimum Gasteiger partial charge on any atom is -0.370 e. The van der Waals surface area contributed by atoms with E-state index in [4.69, 9.17) is 20.6 Å². The van der Waals surface area contributed by atoms with Gasteiger partial charge in [-0.2, -0.15) is 0 Å². The molecule has 0 saturated carbocycles. The maximum absolute atomic E-state index is 8.28. The molecule has 0 aliphatic carbocycles. The molecular weight excluding hydrogens is 240 g/mol. The first kappa shape index (κ1) is 2.40. The van der Waals surface area contributed by atoms with Gasteiger partial charge in [0.25, 0.3) is 0 Å². The van der Waals surface area contributed by atoms with Crippen LogP contribution in [0.25, 0.3) is 0 Å². The summed E-state index contributed by atoms with van der Waals surface area (Å²) in [4.78, 5) is 3.19. The van der Waals surface area contributed by atoms with Crippen LogP contribution >= 0.6 is 15.9 Å². The van der Waals surface area contributed by atoms with E-state index in [9.17, 15) is 0 Å². The van der Waals surface area contributed by atoms with Gasteiger partial charge in [-0.15, -0.1) is 0 Å². The van der Waals surface area contributed by atoms with Gasteiger partial charge in [0, 0.05) is 40.1 Å². The molecule has 1 fully saturated rings. The van der Waals surface area contributed by atoms with E-state index in [0.29, 0.717) is 0 Å². The molecule has 0 radical (unpaired) electrons. The summed E-state index contributed by atoms with van der Waals surface area (Å²) in [6, 6.07) is -0.867. The Balaban J connectivity index is 3.07. The van der Waals surface area contributed by atoms with Crippen LogP contribution in [0, 0.1) is 5.89 Å². The van der Waals surface area contributed by atoms with Crippen LogP contribution in [-0.2, 0) is 0 Å². The maximum atomic E-state index is 8.28. The zero-order valence-electron chi connectivity index (χ0n) is 21.8. The van der Waals surface area contributed by atoms with E-state index in [1.807, 2.05) is 0 Å². The Labute approximate surface area is 115 Å². The van der Waals surface area contributed by atoms with Crippen molar-refractivity contribution in [3.8, 4) is 0 Å². The minimum absolute atomic E-state index is 0.220. The Kier molecular flexibility index (Phi) is 0.736. The molecule has 0 spiro atoms. The van der Waals surface area contributed by atoms with Gasteiger partial charge in [0.05, 0.1) is 16.0 Å². The highest BCUT2D eigenvalue weighted by Crippen LogP contribution is 2.24. The standard InChI is InChI=1S/C11H15BrN2/c1-9-3-2-4-14(8-9)11-5-10(12)6-13-7-11/h5-7,9H,2-4,8H2,1H3/i1D3,2D2,3D2,4D2,5D,6D,7D,8D2,9D. The molecule has 0 aromatic carbocycles. The number of hydrogen-bond donors (Lipinski definition) is 0. The van der Waals surface area contributed by atoms with Gasteiger partial charge in [0.15, 0.2) is 0 Å². The second-order valence-corrected chi connectivity index (χ2v) is 3.10. The molecule has 2 nitrogen and oxygen atoms in total. The van der Waals surface area contributed by atoms with E-state index < -0.39 is 67.0 Å². The highest BCUT2D eigenvalue weighted by Gasteiger charge is 2.16. The second-order valence-electron chi connectivity index (χ2n) is 2.31. The van der Waals surface area contributed by atoms with Crippen molar-refractivity contribution >= 4 is 21.6 Å². The molecule has 1 unspecified atom stereocenters. The first-order chi connectivity index (χ1) is 12.6. The van der Waals surface area contributed by atoms with Crippen LogP contribution in [0.2, 0.25) is 0 Å². The molecule has 1 atom stereocenters. The summed E-state index contributed by atoms with van der Waals surface area (Å²) in [5, 5.41) is 0. The first-order valence-corrected chi connectivity index (χ1v) is 4.35. The molecule has 1 aliphatic heterocycles. The van der Waals surface area contributed by atoms with Crippen LogP contribution in [0.1, 0.15) is 40.2 Å². The Morgan fingerprint density at radius 3 is 3.64 bits per heavy atom. The van der Waals surface area contributed by atoms with E-state index in [1.165, 1.54) is 0 Å². The van der Waals surface area contributed by atoms with E-state index >= 15 is 0 Å². The van der Waals surface area contributed by atoms with Crippen LogP contribution in [-0.4, -0.2) is 18.0 Å². The predicted octanol–water partition coefficient (Wildman–Crippen LogP) is 3.08. The van der Waals surface area contributed by atoms with E-state index in [0.717, 1.165) is 0 Å². The smallest absolute Gasteiger partial charge is 0.0862 e. The maximum Gasteiger partial charge on any atom is 0.0862 e. The Morgan fingerprint density at radius 2 is 2.79 bits per heavy atom. The number of nitrogens with zero attached hydrogens (tertiary/aromatic N) is 2. The van der Waals surface area contributed by atoms with Crippen LogP contribution in [0.3, 0.4) is 0 Å². The van der Waals surface area contributed by atoms with Gasteiger partial charge in [0.1, 0.15) is 0 Å². The van der Waals surface area contributed by atoms with Crippen LogP contribution in [0.4, 0.5) is 5.69 Å². The summed E-state index contributed by atoms with van der Waals surface area (Å²) in [6.07, 6.45) is -9.33. The third-order valence-electron chi connectivity index (χ3n) is 1.35. The quantitative estimate of drug-likeness (QED) is 0.779. The van der Waals surface area contributed by atoms with Crippen molar-refractivity contribution in [3.63, 3.8) is 0 Å². The van der Waals surface area contributed by atoms with Gasteiger partial charge in [-0.25, -0.2) is 0 Å². The summed E-state index contributed by atoms with van der Waals surface area (Å²) >= 11 is 2.81. The molecule has 0 amide bonds. The van der Waals surface area contributed by atoms with E-state index in [2.05, 4.69) is 20.9 Å². The molecule has 0 bridgehead atoms. The fourth-order valence-corrected chi connectivity index (χ4v) is 1.10. The SMILES string of the molecule is [2H]c1nc([2H])c(N2C([2H])([2H])C([2H])([2H])C([2H])([2H])C([2H])(C([2H])([2H])[2H])C2([2H])[2H])c([2H])c1Br. The minimum atomic E-state index is -3.88. The number of hydrogen-bond acceptors (Lipinski definition) is 2. The fourth-order valence-electron chi connectivity index (χ4n) is 0.822. The Morgan fingerprint density at radius 1 is 1.86 bits per heavy atom. The zero-order valence-corrected chi connectivity index (χ0v) is 8.36. The van der Waals surface area contributed by atoms with Gasteiger partial charge in [-0.05, 0) is 40.6 Å². The number of rotatable bonds is 1. The second kappa shape index (κ2) is 4.30. The Hall–Kier alpha value is -0.570. The molecule has 2 rings (SSSR count). The van der Waals surface area contributed by atoms with Crippen LogP contribution in [0.15, 0.2) is 22.9 Å². The summed E-state index contributed by atoms with van der Waals surface area (Å²) < 4.78 is 119. The van der Waals surface area contributed by atoms with Gasteiger partial charge in [-0.3, -0.25) is 4.98 Å². The van der Waals surface area contributed by atoms with Crippen molar-refractivity contribution in [2.45, 2.75) is 19.6 Å². The third-order valence-corrected chi connectivity index (χ3v) is 1.72. The first-order valence-electron chi connectivity index (χ1n) is 11.1. The van der Waals surface area contributed by atoms with Crippen LogP contribution < -0.4 is 4.90 Å². The molecule has 0 N–H and O–H groups in total. The normalized spacial score (nSPS) is 58.6. The highest BCUT2D eigenvalue weighted by molar-refractivity contribution is 9.10. The summed E-state index contributed by atoms with van der Waals surface area (Å²) in [5.41, 5.74) is -1.02. The average molecular weight is 270 g/mol. The molecule has 14 heavy (non-hydrogen) atoms. The highest BCUT2D eigenvalue weighted by atomic mass is 79.9. The molecule has 1 aromatic rings. The number of pyridine rings is 1. The molecular formula is C11H15BrN2. The van der Waals surface area contributed by atoms with Gasteiger partial charge in [-0.1, -0.05) is 6.85 Å². The largest absolute Gasteiger partial charge is 0.370 e. The van der Waals surface area contributed by atoms with Crippen molar-refractivity contribution in [1.82, 2.24) is 4.98 Å². The molecule has 2 heterocycles. The lowest BCUT2D eigenvalue weighted by Crippen LogP contribution is -2.34. The van der Waals surface area contributed by atoms with Crippen LogP contribution in [0.5, 0.6) is 0 Å². The number of piperidine rings is 1. The molecule has 3 heteroatoms. The van der Waals surface area contributed by atoms with Gasteiger partial charge >= 0.3 is 0 Å². The summed E-state index contributed by atoms with van der Waals surface area (Å²) in [6.45, 7) is -11.2.